The molecule has 1 N–H and O–H groups in total. The van der Waals surface area contributed by atoms with Crippen LogP contribution in [0.2, 0.25) is 5.02 Å². The van der Waals surface area contributed by atoms with Gasteiger partial charge in [0.2, 0.25) is 0 Å². The highest BCUT2D eigenvalue weighted by Gasteiger charge is 2.29. The Morgan fingerprint density at radius 2 is 1.66 bits per heavy atom. The van der Waals surface area contributed by atoms with Gasteiger partial charge in [-0.15, -0.1) is 0 Å². The fraction of sp³-hybridized carbons (Fsp3) is 0.333. The quantitative estimate of drug-likeness (QED) is 0.618. The number of benzene rings is 1. The van der Waals surface area contributed by atoms with E-state index in [1.54, 1.807) is 30.7 Å². The molecule has 0 aliphatic carbocycles. The maximum Gasteiger partial charge on any atom is 0.333 e. The summed E-state index contributed by atoms with van der Waals surface area (Å²) in [6.07, 6.45) is 0. The number of hydrogen-bond donors (Lipinski definition) is 1. The highest BCUT2D eigenvalue weighted by atomic mass is 35.5. The third kappa shape index (κ3) is 4.13. The van der Waals surface area contributed by atoms with E-state index < -0.39 is 16.6 Å². The lowest BCUT2D eigenvalue weighted by Gasteiger charge is -2.10. The average molecular weight is 444 g/mol. The van der Waals surface area contributed by atoms with Gasteiger partial charge in [0, 0.05) is 5.02 Å². The van der Waals surface area contributed by atoms with Crippen molar-refractivity contribution in [2.24, 2.45) is 0 Å². The highest BCUT2D eigenvalue weighted by molar-refractivity contribution is 7.92. The van der Waals surface area contributed by atoms with Crippen LogP contribution in [0.4, 0.5) is 14.5 Å². The second-order valence-electron chi connectivity index (χ2n) is 6.66. The Morgan fingerprint density at radius 1 is 1.03 bits per heavy atom. The molecule has 0 aliphatic heterocycles. The van der Waals surface area contributed by atoms with Crippen molar-refractivity contribution in [1.82, 2.24) is 19.6 Å². The van der Waals surface area contributed by atoms with Crippen LogP contribution in [0, 0.1) is 27.7 Å². The number of aryl methyl sites for hydroxylation is 2. The topological polar surface area (TPSA) is 81.8 Å². The molecule has 0 fully saturated rings. The zero-order valence-electron chi connectivity index (χ0n) is 16.2. The van der Waals surface area contributed by atoms with Crippen LogP contribution < -0.4 is 4.72 Å². The van der Waals surface area contributed by atoms with Crippen LogP contribution in [-0.4, -0.2) is 28.0 Å². The molecule has 0 saturated carbocycles. The van der Waals surface area contributed by atoms with Gasteiger partial charge in [0.1, 0.15) is 4.90 Å². The molecule has 0 radical (unpaired) electrons. The molecule has 2 aromatic heterocycles. The molecule has 29 heavy (non-hydrogen) atoms. The van der Waals surface area contributed by atoms with Crippen molar-refractivity contribution in [3.05, 3.63) is 57.6 Å². The molecule has 0 atom stereocenters. The van der Waals surface area contributed by atoms with E-state index in [9.17, 15) is 17.2 Å². The van der Waals surface area contributed by atoms with Gasteiger partial charge in [-0.25, -0.2) is 13.1 Å². The SMILES string of the molecule is Cc1nn(Cc2ccc(Cl)cc2)c(C)c1NS(=O)(=O)c1c(C)nn(C(F)F)c1C. The Bertz CT molecular complexity index is 1150. The molecule has 156 valence electrons. The summed E-state index contributed by atoms with van der Waals surface area (Å²) >= 11 is 5.90. The van der Waals surface area contributed by atoms with Crippen molar-refractivity contribution in [3.63, 3.8) is 0 Å². The molecular weight excluding hydrogens is 424 g/mol. The van der Waals surface area contributed by atoms with Crippen LogP contribution in [0.15, 0.2) is 29.2 Å². The Balaban J connectivity index is 1.94. The number of aromatic nitrogens is 4. The van der Waals surface area contributed by atoms with Crippen molar-refractivity contribution in [2.75, 3.05) is 4.72 Å². The van der Waals surface area contributed by atoms with Crippen LogP contribution in [0.1, 0.15) is 34.9 Å². The van der Waals surface area contributed by atoms with E-state index in [1.165, 1.54) is 13.8 Å². The lowest BCUT2D eigenvalue weighted by Crippen LogP contribution is -2.16. The molecule has 0 saturated heterocycles. The monoisotopic (exact) mass is 443 g/mol. The average Bonchev–Trinajstić information content (AvgIpc) is 3.07. The number of anilines is 1. The van der Waals surface area contributed by atoms with Gasteiger partial charge in [0.25, 0.3) is 10.0 Å². The van der Waals surface area contributed by atoms with Crippen LogP contribution in [0.25, 0.3) is 0 Å². The Kier molecular flexibility index (Phi) is 5.68. The summed E-state index contributed by atoms with van der Waals surface area (Å²) < 4.78 is 56.5. The van der Waals surface area contributed by atoms with E-state index in [1.807, 2.05) is 12.1 Å². The van der Waals surface area contributed by atoms with Crippen molar-refractivity contribution in [3.8, 4) is 0 Å². The van der Waals surface area contributed by atoms with Gasteiger partial charge in [-0.1, -0.05) is 23.7 Å². The van der Waals surface area contributed by atoms with Crippen molar-refractivity contribution < 1.29 is 17.2 Å². The number of halogens is 3. The van der Waals surface area contributed by atoms with Gasteiger partial charge in [-0.2, -0.15) is 19.0 Å². The number of alkyl halides is 2. The maximum absolute atomic E-state index is 13.1. The minimum Gasteiger partial charge on any atom is -0.276 e. The van der Waals surface area contributed by atoms with E-state index in [-0.39, 0.29) is 16.3 Å². The molecular formula is C18H20ClF2N5O2S. The molecule has 0 unspecified atom stereocenters. The lowest BCUT2D eigenvalue weighted by molar-refractivity contribution is 0.0538. The number of rotatable bonds is 6. The van der Waals surface area contributed by atoms with Gasteiger partial charge in [-0.3, -0.25) is 9.40 Å². The minimum atomic E-state index is -4.13. The Morgan fingerprint density at radius 3 is 2.21 bits per heavy atom. The molecule has 3 rings (SSSR count). The smallest absolute Gasteiger partial charge is 0.276 e. The number of sulfonamides is 1. The first kappa shape index (κ1) is 21.3. The van der Waals surface area contributed by atoms with E-state index in [0.29, 0.717) is 33.3 Å². The first-order valence-electron chi connectivity index (χ1n) is 8.66. The summed E-state index contributed by atoms with van der Waals surface area (Å²) in [4.78, 5) is -0.262. The molecule has 0 aliphatic rings. The van der Waals surface area contributed by atoms with E-state index in [0.717, 1.165) is 5.56 Å². The second-order valence-corrected chi connectivity index (χ2v) is 8.71. The van der Waals surface area contributed by atoms with Crippen LogP contribution in [0.5, 0.6) is 0 Å². The molecule has 11 heteroatoms. The van der Waals surface area contributed by atoms with Crippen LogP contribution in [-0.2, 0) is 16.6 Å². The molecule has 7 nitrogen and oxygen atoms in total. The number of nitrogens with zero attached hydrogens (tertiary/aromatic N) is 4. The van der Waals surface area contributed by atoms with Crippen molar-refractivity contribution in [2.45, 2.75) is 45.7 Å². The van der Waals surface area contributed by atoms with E-state index in [2.05, 4.69) is 14.9 Å². The van der Waals surface area contributed by atoms with Gasteiger partial charge < -0.3 is 0 Å². The lowest BCUT2D eigenvalue weighted by atomic mass is 10.2. The third-order valence-electron chi connectivity index (χ3n) is 4.58. The molecule has 2 heterocycles. The summed E-state index contributed by atoms with van der Waals surface area (Å²) in [5, 5.41) is 8.66. The summed E-state index contributed by atoms with van der Waals surface area (Å²) in [5.41, 5.74) is 2.18. The first-order chi connectivity index (χ1) is 13.5. The summed E-state index contributed by atoms with van der Waals surface area (Å²) in [5.74, 6) is 0. The van der Waals surface area contributed by atoms with Gasteiger partial charge in [-0.05, 0) is 45.4 Å². The van der Waals surface area contributed by atoms with E-state index in [4.69, 9.17) is 11.6 Å². The standard InChI is InChI=1S/C18H20ClF2N5O2S/c1-10-16(12(3)25(22-10)9-14-5-7-15(19)8-6-14)24-29(27,28)17-11(2)23-26(13(17)4)18(20)21/h5-8,18,24H,9H2,1-4H3. The summed E-state index contributed by atoms with van der Waals surface area (Å²) in [7, 11) is -4.13. The molecule has 1 aromatic carbocycles. The predicted octanol–water partition coefficient (Wildman–Crippen LogP) is 4.21. The minimum absolute atomic E-state index is 0.000776. The van der Waals surface area contributed by atoms with Crippen LogP contribution in [0.3, 0.4) is 0 Å². The summed E-state index contributed by atoms with van der Waals surface area (Å²) in [6.45, 7) is 3.58. The largest absolute Gasteiger partial charge is 0.333 e. The summed E-state index contributed by atoms with van der Waals surface area (Å²) in [6, 6.07) is 7.24. The molecule has 0 spiro atoms. The zero-order chi connectivity index (χ0) is 21.5. The second kappa shape index (κ2) is 7.75. The highest BCUT2D eigenvalue weighted by Crippen LogP contribution is 2.28. The zero-order valence-corrected chi connectivity index (χ0v) is 17.8. The Hall–Kier alpha value is -2.46. The predicted molar refractivity (Wildman–Crippen MR) is 106 cm³/mol. The van der Waals surface area contributed by atoms with E-state index >= 15 is 0 Å². The fourth-order valence-electron chi connectivity index (χ4n) is 3.17. The first-order valence-corrected chi connectivity index (χ1v) is 10.5. The maximum atomic E-state index is 13.1. The molecule has 3 aromatic rings. The molecule has 0 amide bonds. The number of nitrogens with one attached hydrogen (secondary N) is 1. The van der Waals surface area contributed by atoms with Crippen molar-refractivity contribution >= 4 is 27.3 Å². The third-order valence-corrected chi connectivity index (χ3v) is 6.43. The van der Waals surface area contributed by atoms with Crippen LogP contribution >= 0.6 is 11.6 Å². The fourth-order valence-corrected chi connectivity index (χ4v) is 4.88. The van der Waals surface area contributed by atoms with Gasteiger partial charge in [0.05, 0.1) is 35.0 Å². The normalized spacial score (nSPS) is 12.0. The number of hydrogen-bond acceptors (Lipinski definition) is 4. The van der Waals surface area contributed by atoms with Gasteiger partial charge >= 0.3 is 6.55 Å². The van der Waals surface area contributed by atoms with Crippen molar-refractivity contribution in [1.29, 1.82) is 0 Å². The van der Waals surface area contributed by atoms with Gasteiger partial charge in [0.15, 0.2) is 0 Å². The molecule has 0 bridgehead atoms. The Labute approximate surface area is 172 Å².